The highest BCUT2D eigenvalue weighted by Crippen LogP contribution is 2.49. The van der Waals surface area contributed by atoms with Crippen molar-refractivity contribution in [1.82, 2.24) is 49.4 Å². The maximum atomic E-state index is 15.3. The number of para-hydroxylation sites is 4. The Hall–Kier alpha value is -19.1. The maximum Gasteiger partial charge on any atom is 0.188 e. The molecule has 0 saturated carbocycles. The third kappa shape index (κ3) is 15.7. The highest BCUT2D eigenvalue weighted by molar-refractivity contribution is 7.85. The van der Waals surface area contributed by atoms with E-state index in [0.29, 0.717) is 23.2 Å². The summed E-state index contributed by atoms with van der Waals surface area (Å²) in [6, 6.07) is 158. The number of fused-ring (bicyclic) bond motifs is 18. The normalized spacial score (nSPS) is 11.5. The van der Waals surface area contributed by atoms with Crippen LogP contribution >= 0.6 is 7.14 Å². The Morgan fingerprint density at radius 2 is 0.531 bits per heavy atom. The minimum Gasteiger partial charge on any atom is -0.309 e. The van der Waals surface area contributed by atoms with E-state index in [1.165, 1.54) is 43.1 Å². The van der Waals surface area contributed by atoms with Crippen molar-refractivity contribution in [2.45, 2.75) is 0 Å². The summed E-state index contributed by atoms with van der Waals surface area (Å²) in [5.41, 5.74) is 24.2. The van der Waals surface area contributed by atoms with E-state index >= 15 is 4.57 Å². The lowest BCUT2D eigenvalue weighted by molar-refractivity contribution is 0.592. The van der Waals surface area contributed by atoms with Crippen molar-refractivity contribution in [3.63, 3.8) is 0 Å². The van der Waals surface area contributed by atoms with Crippen molar-refractivity contribution in [1.29, 1.82) is 0 Å². The summed E-state index contributed by atoms with van der Waals surface area (Å²) in [6.45, 7) is 7.67. The Bertz CT molecular complexity index is 9630. The fourth-order valence-corrected chi connectivity index (χ4v) is 23.3. The van der Waals surface area contributed by atoms with Gasteiger partial charge in [0.15, 0.2) is 30.3 Å². The second kappa shape index (κ2) is 36.8. The molecule has 0 atom stereocenters. The summed E-state index contributed by atoms with van der Waals surface area (Å²) >= 11 is 0. The van der Waals surface area contributed by atoms with Crippen LogP contribution in [0.25, 0.3) is 242 Å². The van der Waals surface area contributed by atoms with Crippen LogP contribution in [0.2, 0.25) is 0 Å². The van der Waals surface area contributed by atoms with Crippen LogP contribution < -0.4 is 15.9 Å². The smallest absolute Gasteiger partial charge is 0.188 e. The average molecular weight is 1850 g/mol. The van der Waals surface area contributed by atoms with Crippen LogP contribution in [-0.2, 0) is 4.57 Å². The zero-order valence-corrected chi connectivity index (χ0v) is 78.0. The molecule has 143 heavy (non-hydrogen) atoms. The van der Waals surface area contributed by atoms with E-state index in [0.717, 1.165) is 193 Å². The Morgan fingerprint density at radius 3 is 0.937 bits per heavy atom. The molecule has 668 valence electrons. The molecule has 0 N–H and O–H groups in total. The third-order valence-corrected chi connectivity index (χ3v) is 30.3. The maximum absolute atomic E-state index is 15.3. The largest absolute Gasteiger partial charge is 0.309 e. The second-order valence-electron chi connectivity index (χ2n) is 35.6. The molecule has 0 amide bonds. The van der Waals surface area contributed by atoms with Crippen LogP contribution in [0.4, 0.5) is 5.69 Å². The topological polar surface area (TPSA) is 142 Å². The first-order chi connectivity index (χ1) is 70.8. The average Bonchev–Trinajstić information content (AvgIpc) is 1.31. The van der Waals surface area contributed by atoms with Crippen LogP contribution in [-0.4, -0.2) is 49.4 Å². The van der Waals surface area contributed by atoms with E-state index in [4.69, 9.17) is 36.5 Å². The minimum absolute atomic E-state index is 0.621. The molecule has 0 saturated heterocycles. The molecule has 0 bridgehead atoms. The first-order valence-corrected chi connectivity index (χ1v) is 49.3. The molecule has 27 aromatic rings. The molecule has 8 aromatic heterocycles. The zero-order valence-electron chi connectivity index (χ0n) is 77.1. The predicted octanol–water partition coefficient (Wildman–Crippen LogP) is 32.0. The van der Waals surface area contributed by atoms with Crippen LogP contribution in [0.15, 0.2) is 498 Å². The highest BCUT2D eigenvalue weighted by Gasteiger charge is 2.31. The van der Waals surface area contributed by atoms with Gasteiger partial charge in [-0.2, -0.15) is 0 Å². The third-order valence-electron chi connectivity index (χ3n) is 27.3. The fourth-order valence-electron chi connectivity index (χ4n) is 20.6. The van der Waals surface area contributed by atoms with Gasteiger partial charge in [-0.1, -0.05) is 364 Å². The summed E-state index contributed by atoms with van der Waals surface area (Å²) < 4.78 is 17.5. The first-order valence-electron chi connectivity index (χ1n) is 47.6. The summed E-state index contributed by atoms with van der Waals surface area (Å²) in [5, 5.41) is 21.9. The quantitative estimate of drug-likeness (QED) is 0.0586. The summed E-state index contributed by atoms with van der Waals surface area (Å²) in [7, 11) is -3.16. The molecular formula is C130H82N11OP. The van der Waals surface area contributed by atoms with Crippen LogP contribution in [0.3, 0.4) is 0 Å². The molecular weight excluding hydrogens is 1760 g/mol. The molecule has 0 spiro atoms. The van der Waals surface area contributed by atoms with Gasteiger partial charge in [0.1, 0.15) is 0 Å². The Balaban J connectivity index is 0.000000113. The molecule has 0 aliphatic rings. The second-order valence-corrected chi connectivity index (χ2v) is 38.3. The van der Waals surface area contributed by atoms with Crippen molar-refractivity contribution < 1.29 is 4.57 Å². The fraction of sp³-hybridized carbons (Fsp3) is 0. The van der Waals surface area contributed by atoms with Crippen LogP contribution in [0.5, 0.6) is 0 Å². The number of benzene rings is 19. The van der Waals surface area contributed by atoms with E-state index in [-0.39, 0.29) is 0 Å². The van der Waals surface area contributed by atoms with Crippen molar-refractivity contribution in [3.8, 4) is 118 Å². The molecule has 19 aromatic carbocycles. The SMILES string of the molecule is O=P(c1ccccc1)(c1ccccc1)c1cccc(-c2nc3ccccc3c3c2cc(-c2cccnc2)c2ccccc23)c1.[C-]#[N+]c1ccc2c(c1)c1cc(-c3ccc(-c4nc5ccccc5c5c4cc(-c4cccnc4)c4ccccc45)cc3)ccc1n2-c1ccccc1.c1ccc(-c2nc(-c3ccccc3)nc(-c3ccc(-c4nc5ccccc5c5c4cc(-c4cccnc4)c4ccccc45)cc3)n2)cc1. The number of aromatic nitrogens is 10. The van der Waals surface area contributed by atoms with Gasteiger partial charge in [0, 0.05) is 163 Å². The van der Waals surface area contributed by atoms with Gasteiger partial charge in [-0.3, -0.25) is 15.0 Å². The van der Waals surface area contributed by atoms with E-state index in [1.54, 1.807) is 6.20 Å². The van der Waals surface area contributed by atoms with Gasteiger partial charge in [0.05, 0.1) is 51.2 Å². The molecule has 0 radical (unpaired) electrons. The predicted molar refractivity (Wildman–Crippen MR) is 591 cm³/mol. The standard InChI is InChI=1S/C47H28N4.C43H27N5.C40H27N2OP/c1-48-34-22-24-45-41(27-34)40-26-32(21-23-44(40)51(45)35-11-3-2-4-12-35)30-17-19-31(20-18-30)47-42-28-39(33-10-9-25-49-29-33)36-13-5-6-14-37(36)46(42)38-15-7-8-16-43(38)50-47;1-3-12-29(13-4-1)41-46-42(30-14-5-2-6-15-30)48-43(47-41)31-23-21-28(22-24-31)40-37-26-36(32-16-11-25-44-27-32)33-17-7-8-18-34(33)39(37)35-19-9-10-20-38(35)45-40;43-44(30-15-3-1-4-16-30,31-17-5-2-6-18-31)32-19-11-13-28(25-32)40-37-26-36(29-14-12-24-41-27-29)33-20-7-8-21-34(33)39(37)35-22-9-10-23-38(35)42-40/h2-29H;1-27H;1-27H. The molecule has 0 unspecified atom stereocenters. The van der Waals surface area contributed by atoms with Gasteiger partial charge < -0.3 is 9.13 Å². The lowest BCUT2D eigenvalue weighted by atomic mass is 9.90. The van der Waals surface area contributed by atoms with E-state index in [2.05, 4.69) is 309 Å². The zero-order chi connectivity index (χ0) is 95.3. The van der Waals surface area contributed by atoms with Gasteiger partial charge in [-0.15, -0.1) is 0 Å². The van der Waals surface area contributed by atoms with E-state index < -0.39 is 7.14 Å². The molecule has 12 nitrogen and oxygen atoms in total. The van der Waals surface area contributed by atoms with Crippen molar-refractivity contribution in [3.05, 3.63) is 510 Å². The lowest BCUT2D eigenvalue weighted by Crippen LogP contribution is -2.25. The Morgan fingerprint density at radius 1 is 0.217 bits per heavy atom. The van der Waals surface area contributed by atoms with Crippen molar-refractivity contribution in [2.24, 2.45) is 0 Å². The Kier molecular flexibility index (Phi) is 22.0. The molecule has 0 aliphatic heterocycles. The van der Waals surface area contributed by atoms with Crippen LogP contribution in [0.1, 0.15) is 0 Å². The first kappa shape index (κ1) is 85.6. The summed E-state index contributed by atoms with van der Waals surface area (Å²) in [4.78, 5) is 47.6. The summed E-state index contributed by atoms with van der Waals surface area (Å²) in [5.74, 6) is 1.90. The molecule has 0 aliphatic carbocycles. The molecule has 0 fully saturated rings. The van der Waals surface area contributed by atoms with Gasteiger partial charge in [-0.25, -0.2) is 34.7 Å². The number of nitrogens with zero attached hydrogens (tertiary/aromatic N) is 11. The van der Waals surface area contributed by atoms with Gasteiger partial charge in [0.25, 0.3) is 0 Å². The molecule has 8 heterocycles. The number of hydrogen-bond acceptors (Lipinski definition) is 10. The molecule has 27 rings (SSSR count). The number of pyridine rings is 6. The molecule has 13 heteroatoms. The minimum atomic E-state index is -3.16. The Labute approximate surface area is 823 Å². The highest BCUT2D eigenvalue weighted by atomic mass is 31.2. The van der Waals surface area contributed by atoms with Crippen LogP contribution in [0, 0.1) is 6.57 Å². The van der Waals surface area contributed by atoms with Gasteiger partial charge >= 0.3 is 0 Å². The van der Waals surface area contributed by atoms with E-state index in [1.807, 2.05) is 207 Å². The van der Waals surface area contributed by atoms with Gasteiger partial charge in [0.2, 0.25) is 0 Å². The van der Waals surface area contributed by atoms with Crippen molar-refractivity contribution in [2.75, 3.05) is 0 Å². The van der Waals surface area contributed by atoms with E-state index in [9.17, 15) is 0 Å². The lowest BCUT2D eigenvalue weighted by Gasteiger charge is -2.21. The number of rotatable bonds is 14. The monoisotopic (exact) mass is 1840 g/mol. The van der Waals surface area contributed by atoms with Crippen molar-refractivity contribution >= 4 is 148 Å². The summed E-state index contributed by atoms with van der Waals surface area (Å²) in [6.07, 6.45) is 11.2. The van der Waals surface area contributed by atoms with Gasteiger partial charge in [-0.05, 0) is 163 Å². The number of hydrogen-bond donors (Lipinski definition) is 0.